The van der Waals surface area contributed by atoms with Crippen molar-refractivity contribution < 1.29 is 9.90 Å². The fourth-order valence-electron chi connectivity index (χ4n) is 2.67. The molecular formula is C15H21NO2. The highest BCUT2D eigenvalue weighted by Crippen LogP contribution is 2.34. The Kier molecular flexibility index (Phi) is 3.71. The summed E-state index contributed by atoms with van der Waals surface area (Å²) in [7, 11) is 0. The number of nitrogens with one attached hydrogen (secondary N) is 1. The Hall–Kier alpha value is -1.35. The van der Waals surface area contributed by atoms with E-state index >= 15 is 0 Å². The Morgan fingerprint density at radius 3 is 2.22 bits per heavy atom. The van der Waals surface area contributed by atoms with Gasteiger partial charge in [-0.2, -0.15) is 0 Å². The molecule has 0 unspecified atom stereocenters. The van der Waals surface area contributed by atoms with E-state index in [0.29, 0.717) is 18.8 Å². The van der Waals surface area contributed by atoms with Crippen molar-refractivity contribution in [2.24, 2.45) is 0 Å². The summed E-state index contributed by atoms with van der Waals surface area (Å²) in [6.07, 6.45) is 1.34. The number of hydrogen-bond acceptors (Lipinski definition) is 2. The SMILES string of the molecule is CC(C)c1ccc(C2(C(=O)O)CCNCC2)cc1. The van der Waals surface area contributed by atoms with Crippen LogP contribution in [0.1, 0.15) is 43.7 Å². The van der Waals surface area contributed by atoms with Gasteiger partial charge in [-0.1, -0.05) is 38.1 Å². The van der Waals surface area contributed by atoms with Crippen LogP contribution in [0.4, 0.5) is 0 Å². The van der Waals surface area contributed by atoms with Crippen molar-refractivity contribution in [3.63, 3.8) is 0 Å². The van der Waals surface area contributed by atoms with E-state index in [4.69, 9.17) is 0 Å². The number of carboxylic acid groups (broad SMARTS) is 1. The molecule has 98 valence electrons. The van der Waals surface area contributed by atoms with Gasteiger partial charge in [-0.25, -0.2) is 0 Å². The van der Waals surface area contributed by atoms with Crippen molar-refractivity contribution in [2.45, 2.75) is 38.0 Å². The van der Waals surface area contributed by atoms with Crippen LogP contribution in [0.5, 0.6) is 0 Å². The minimum Gasteiger partial charge on any atom is -0.481 e. The Morgan fingerprint density at radius 2 is 1.78 bits per heavy atom. The zero-order valence-electron chi connectivity index (χ0n) is 11.1. The molecule has 1 aromatic carbocycles. The maximum atomic E-state index is 11.7. The normalized spacial score (nSPS) is 18.8. The first-order valence-electron chi connectivity index (χ1n) is 6.61. The van der Waals surface area contributed by atoms with Gasteiger partial charge in [0.1, 0.15) is 0 Å². The Morgan fingerprint density at radius 1 is 1.22 bits per heavy atom. The second-order valence-electron chi connectivity index (χ2n) is 5.41. The number of rotatable bonds is 3. The predicted molar refractivity (Wildman–Crippen MR) is 71.9 cm³/mol. The molecule has 18 heavy (non-hydrogen) atoms. The number of carbonyl (C=O) groups is 1. The molecule has 2 N–H and O–H groups in total. The molecule has 2 rings (SSSR count). The molecule has 1 aliphatic rings. The molecule has 1 heterocycles. The topological polar surface area (TPSA) is 49.3 Å². The molecule has 3 nitrogen and oxygen atoms in total. The Balaban J connectivity index is 2.34. The smallest absolute Gasteiger partial charge is 0.314 e. The van der Waals surface area contributed by atoms with Gasteiger partial charge in [-0.05, 0) is 43.0 Å². The van der Waals surface area contributed by atoms with Gasteiger partial charge in [0.2, 0.25) is 0 Å². The lowest BCUT2D eigenvalue weighted by molar-refractivity contribution is -0.145. The van der Waals surface area contributed by atoms with Crippen molar-refractivity contribution >= 4 is 5.97 Å². The predicted octanol–water partition coefficient (Wildman–Crippen LogP) is 2.52. The summed E-state index contributed by atoms with van der Waals surface area (Å²) in [6.45, 7) is 5.84. The van der Waals surface area contributed by atoms with Crippen LogP contribution in [0, 0.1) is 0 Å². The molecule has 0 atom stereocenters. The minimum absolute atomic E-state index is 0.479. The molecule has 0 spiro atoms. The third-order valence-electron chi connectivity index (χ3n) is 4.00. The molecule has 0 radical (unpaired) electrons. The van der Waals surface area contributed by atoms with E-state index in [1.807, 2.05) is 12.1 Å². The van der Waals surface area contributed by atoms with E-state index in [1.54, 1.807) is 0 Å². The second-order valence-corrected chi connectivity index (χ2v) is 5.41. The number of aliphatic carboxylic acids is 1. The molecule has 3 heteroatoms. The first-order valence-corrected chi connectivity index (χ1v) is 6.61. The zero-order chi connectivity index (χ0) is 13.2. The van der Waals surface area contributed by atoms with Crippen LogP contribution >= 0.6 is 0 Å². The fourth-order valence-corrected chi connectivity index (χ4v) is 2.67. The van der Waals surface area contributed by atoms with Gasteiger partial charge in [0.15, 0.2) is 0 Å². The highest BCUT2D eigenvalue weighted by atomic mass is 16.4. The van der Waals surface area contributed by atoms with Crippen LogP contribution < -0.4 is 5.32 Å². The maximum Gasteiger partial charge on any atom is 0.314 e. The average Bonchev–Trinajstić information content (AvgIpc) is 2.39. The first-order chi connectivity index (χ1) is 8.56. The van der Waals surface area contributed by atoms with E-state index < -0.39 is 11.4 Å². The molecule has 0 bridgehead atoms. The molecule has 1 saturated heterocycles. The van der Waals surface area contributed by atoms with E-state index in [1.165, 1.54) is 5.56 Å². The van der Waals surface area contributed by atoms with Crippen LogP contribution in [0.3, 0.4) is 0 Å². The number of benzene rings is 1. The molecular weight excluding hydrogens is 226 g/mol. The number of carboxylic acids is 1. The van der Waals surface area contributed by atoms with Crippen LogP contribution in [-0.2, 0) is 10.2 Å². The average molecular weight is 247 g/mol. The van der Waals surface area contributed by atoms with Gasteiger partial charge in [-0.3, -0.25) is 4.79 Å². The summed E-state index contributed by atoms with van der Waals surface area (Å²) < 4.78 is 0. The molecule has 0 saturated carbocycles. The molecule has 1 fully saturated rings. The third kappa shape index (κ3) is 2.27. The van der Waals surface area contributed by atoms with Crippen molar-refractivity contribution in [3.8, 4) is 0 Å². The second kappa shape index (κ2) is 5.11. The van der Waals surface area contributed by atoms with E-state index in [0.717, 1.165) is 18.7 Å². The molecule has 0 aliphatic carbocycles. The van der Waals surface area contributed by atoms with Gasteiger partial charge in [0.25, 0.3) is 0 Å². The summed E-state index contributed by atoms with van der Waals surface area (Å²) in [5, 5.41) is 12.8. The summed E-state index contributed by atoms with van der Waals surface area (Å²) in [5.74, 6) is -0.214. The van der Waals surface area contributed by atoms with E-state index in [-0.39, 0.29) is 0 Å². The lowest BCUT2D eigenvalue weighted by Gasteiger charge is -2.34. The standard InChI is InChI=1S/C15H21NO2/c1-11(2)12-3-5-13(6-4-12)15(14(17)18)7-9-16-10-8-15/h3-6,11,16H,7-10H2,1-2H3,(H,17,18). The van der Waals surface area contributed by atoms with Crippen LogP contribution in [0.25, 0.3) is 0 Å². The highest BCUT2D eigenvalue weighted by molar-refractivity contribution is 5.81. The van der Waals surface area contributed by atoms with Gasteiger partial charge < -0.3 is 10.4 Å². The van der Waals surface area contributed by atoms with Crippen molar-refractivity contribution in [1.29, 1.82) is 0 Å². The summed E-state index contributed by atoms with van der Waals surface area (Å²) >= 11 is 0. The van der Waals surface area contributed by atoms with Crippen LogP contribution in [-0.4, -0.2) is 24.2 Å². The fraction of sp³-hybridized carbons (Fsp3) is 0.533. The quantitative estimate of drug-likeness (QED) is 0.863. The zero-order valence-corrected chi connectivity index (χ0v) is 11.1. The number of piperidine rings is 1. The lowest BCUT2D eigenvalue weighted by Crippen LogP contribution is -2.45. The largest absolute Gasteiger partial charge is 0.481 e. The van der Waals surface area contributed by atoms with Crippen molar-refractivity contribution in [3.05, 3.63) is 35.4 Å². The van der Waals surface area contributed by atoms with Crippen LogP contribution in [0.15, 0.2) is 24.3 Å². The van der Waals surface area contributed by atoms with Gasteiger partial charge >= 0.3 is 5.97 Å². The maximum absolute atomic E-state index is 11.7. The van der Waals surface area contributed by atoms with Crippen molar-refractivity contribution in [2.75, 3.05) is 13.1 Å². The third-order valence-corrected chi connectivity index (χ3v) is 4.00. The van der Waals surface area contributed by atoms with Gasteiger partial charge in [0, 0.05) is 0 Å². The Labute approximate surface area is 108 Å². The van der Waals surface area contributed by atoms with E-state index in [9.17, 15) is 9.90 Å². The monoisotopic (exact) mass is 247 g/mol. The molecule has 0 aromatic heterocycles. The first kappa shape index (κ1) is 13.1. The van der Waals surface area contributed by atoms with Gasteiger partial charge in [-0.15, -0.1) is 0 Å². The van der Waals surface area contributed by atoms with E-state index in [2.05, 4.69) is 31.3 Å². The van der Waals surface area contributed by atoms with Gasteiger partial charge in [0.05, 0.1) is 5.41 Å². The summed E-state index contributed by atoms with van der Waals surface area (Å²) in [5.41, 5.74) is 1.51. The molecule has 1 aliphatic heterocycles. The van der Waals surface area contributed by atoms with Crippen molar-refractivity contribution in [1.82, 2.24) is 5.32 Å². The summed E-state index contributed by atoms with van der Waals surface area (Å²) in [6, 6.07) is 8.11. The lowest BCUT2D eigenvalue weighted by atomic mass is 9.73. The number of hydrogen-bond donors (Lipinski definition) is 2. The molecule has 0 amide bonds. The Bertz CT molecular complexity index is 417. The van der Waals surface area contributed by atoms with Crippen LogP contribution in [0.2, 0.25) is 0 Å². The summed E-state index contributed by atoms with van der Waals surface area (Å²) in [4.78, 5) is 11.7. The molecule has 1 aromatic rings. The highest BCUT2D eigenvalue weighted by Gasteiger charge is 2.41. The minimum atomic E-state index is -0.694.